The molecule has 0 aliphatic carbocycles. The second kappa shape index (κ2) is 8.09. The lowest BCUT2D eigenvalue weighted by Crippen LogP contribution is -2.49. The van der Waals surface area contributed by atoms with Crippen LogP contribution < -0.4 is 0 Å². The normalized spacial score (nSPS) is 15.0. The number of hydrogen-bond acceptors (Lipinski definition) is 6. The SMILES string of the molecule is O=C(c1cccnc1)N1CCN(CCc2nnc(-c3ccccc3)o2)CC1. The molecule has 3 aromatic rings. The van der Waals surface area contributed by atoms with Gasteiger partial charge in [-0.3, -0.25) is 14.7 Å². The van der Waals surface area contributed by atoms with Gasteiger partial charge in [-0.1, -0.05) is 18.2 Å². The van der Waals surface area contributed by atoms with E-state index in [9.17, 15) is 4.79 Å². The molecule has 0 radical (unpaired) electrons. The first-order valence-corrected chi connectivity index (χ1v) is 9.09. The maximum Gasteiger partial charge on any atom is 0.255 e. The summed E-state index contributed by atoms with van der Waals surface area (Å²) in [6.07, 6.45) is 4.00. The average Bonchev–Trinajstić information content (AvgIpc) is 3.22. The van der Waals surface area contributed by atoms with Crippen LogP contribution in [-0.4, -0.2) is 63.6 Å². The van der Waals surface area contributed by atoms with Crippen molar-refractivity contribution in [3.8, 4) is 11.5 Å². The third kappa shape index (κ3) is 4.20. The molecule has 1 aliphatic heterocycles. The molecular weight excluding hydrogens is 342 g/mol. The minimum absolute atomic E-state index is 0.0483. The third-order valence-electron chi connectivity index (χ3n) is 4.70. The van der Waals surface area contributed by atoms with Crippen molar-refractivity contribution in [2.45, 2.75) is 6.42 Å². The summed E-state index contributed by atoms with van der Waals surface area (Å²) in [5.41, 5.74) is 1.57. The molecule has 0 bridgehead atoms. The number of carbonyl (C=O) groups is 1. The number of aromatic nitrogens is 3. The summed E-state index contributed by atoms with van der Waals surface area (Å²) in [4.78, 5) is 20.7. The Hall–Kier alpha value is -3.06. The van der Waals surface area contributed by atoms with Crippen LogP contribution in [0.4, 0.5) is 0 Å². The van der Waals surface area contributed by atoms with E-state index in [0.717, 1.165) is 25.2 Å². The Morgan fingerprint density at radius 2 is 1.81 bits per heavy atom. The van der Waals surface area contributed by atoms with Crippen LogP contribution in [0.15, 0.2) is 59.3 Å². The number of pyridine rings is 1. The molecule has 3 heterocycles. The van der Waals surface area contributed by atoms with Gasteiger partial charge in [-0.2, -0.15) is 0 Å². The molecule has 1 fully saturated rings. The van der Waals surface area contributed by atoms with E-state index in [1.807, 2.05) is 41.3 Å². The highest BCUT2D eigenvalue weighted by Crippen LogP contribution is 2.17. The zero-order valence-corrected chi connectivity index (χ0v) is 15.0. The highest BCUT2D eigenvalue weighted by atomic mass is 16.4. The van der Waals surface area contributed by atoms with Crippen molar-refractivity contribution in [1.29, 1.82) is 0 Å². The van der Waals surface area contributed by atoms with Gasteiger partial charge in [0.2, 0.25) is 11.8 Å². The van der Waals surface area contributed by atoms with Crippen molar-refractivity contribution in [2.75, 3.05) is 32.7 Å². The summed E-state index contributed by atoms with van der Waals surface area (Å²) in [7, 11) is 0. The average molecular weight is 363 g/mol. The number of carbonyl (C=O) groups excluding carboxylic acids is 1. The van der Waals surface area contributed by atoms with Crippen molar-refractivity contribution < 1.29 is 9.21 Å². The van der Waals surface area contributed by atoms with Gasteiger partial charge in [0.1, 0.15) is 0 Å². The van der Waals surface area contributed by atoms with E-state index in [4.69, 9.17) is 4.42 Å². The van der Waals surface area contributed by atoms with Gasteiger partial charge in [0.15, 0.2) is 0 Å². The smallest absolute Gasteiger partial charge is 0.255 e. The first-order valence-electron chi connectivity index (χ1n) is 9.09. The molecule has 2 aromatic heterocycles. The highest BCUT2D eigenvalue weighted by Gasteiger charge is 2.22. The molecule has 138 valence electrons. The Morgan fingerprint density at radius 1 is 1.00 bits per heavy atom. The van der Waals surface area contributed by atoms with Gasteiger partial charge in [0.25, 0.3) is 5.91 Å². The van der Waals surface area contributed by atoms with Gasteiger partial charge in [0.05, 0.1) is 5.56 Å². The standard InChI is InChI=1S/C20H21N5O2/c26-20(17-7-4-9-21-15-17)25-13-11-24(12-14-25)10-8-18-22-23-19(27-18)16-5-2-1-3-6-16/h1-7,9,15H,8,10-14H2. The summed E-state index contributed by atoms with van der Waals surface area (Å²) in [5.74, 6) is 1.24. The van der Waals surface area contributed by atoms with Gasteiger partial charge >= 0.3 is 0 Å². The molecule has 7 nitrogen and oxygen atoms in total. The largest absolute Gasteiger partial charge is 0.421 e. The van der Waals surface area contributed by atoms with E-state index >= 15 is 0 Å². The lowest BCUT2D eigenvalue weighted by molar-refractivity contribution is 0.0636. The summed E-state index contributed by atoms with van der Waals surface area (Å²) in [6.45, 7) is 3.95. The van der Waals surface area contributed by atoms with Crippen LogP contribution in [0.2, 0.25) is 0 Å². The molecule has 27 heavy (non-hydrogen) atoms. The zero-order valence-electron chi connectivity index (χ0n) is 15.0. The van der Waals surface area contributed by atoms with E-state index in [0.29, 0.717) is 36.9 Å². The van der Waals surface area contributed by atoms with E-state index < -0.39 is 0 Å². The number of piperazine rings is 1. The van der Waals surface area contributed by atoms with E-state index in [1.165, 1.54) is 0 Å². The van der Waals surface area contributed by atoms with Crippen molar-refractivity contribution in [2.24, 2.45) is 0 Å². The number of benzene rings is 1. The van der Waals surface area contributed by atoms with Gasteiger partial charge < -0.3 is 9.32 Å². The van der Waals surface area contributed by atoms with Crippen LogP contribution in [0.25, 0.3) is 11.5 Å². The predicted octanol–water partition coefficient (Wildman–Crippen LogP) is 2.13. The fourth-order valence-electron chi connectivity index (χ4n) is 3.15. The van der Waals surface area contributed by atoms with Crippen molar-refractivity contribution in [3.63, 3.8) is 0 Å². The van der Waals surface area contributed by atoms with Crippen LogP contribution in [0.1, 0.15) is 16.2 Å². The van der Waals surface area contributed by atoms with Crippen molar-refractivity contribution >= 4 is 5.91 Å². The molecule has 0 saturated carbocycles. The molecule has 1 amide bonds. The molecule has 0 N–H and O–H groups in total. The summed E-state index contributed by atoms with van der Waals surface area (Å²) >= 11 is 0. The molecule has 0 atom stereocenters. The predicted molar refractivity (Wildman–Crippen MR) is 100 cm³/mol. The molecule has 1 saturated heterocycles. The maximum atomic E-state index is 12.5. The zero-order chi connectivity index (χ0) is 18.5. The maximum absolute atomic E-state index is 12.5. The number of hydrogen-bond donors (Lipinski definition) is 0. The van der Waals surface area contributed by atoms with Crippen LogP contribution >= 0.6 is 0 Å². The quantitative estimate of drug-likeness (QED) is 0.691. The summed E-state index contributed by atoms with van der Waals surface area (Å²) in [6, 6.07) is 13.4. The first kappa shape index (κ1) is 17.4. The monoisotopic (exact) mass is 363 g/mol. The third-order valence-corrected chi connectivity index (χ3v) is 4.70. The lowest BCUT2D eigenvalue weighted by atomic mass is 10.2. The highest BCUT2D eigenvalue weighted by molar-refractivity contribution is 5.93. The van der Waals surface area contributed by atoms with Gasteiger partial charge in [-0.15, -0.1) is 10.2 Å². The van der Waals surface area contributed by atoms with Crippen molar-refractivity contribution in [1.82, 2.24) is 25.0 Å². The number of rotatable bonds is 5. The second-order valence-corrected chi connectivity index (χ2v) is 6.49. The van der Waals surface area contributed by atoms with Gasteiger partial charge in [0, 0.05) is 57.1 Å². The Labute approximate surface area is 157 Å². The molecule has 1 aliphatic rings. The molecular formula is C20H21N5O2. The number of amides is 1. The minimum Gasteiger partial charge on any atom is -0.421 e. The van der Waals surface area contributed by atoms with Crippen LogP contribution in [0.5, 0.6) is 0 Å². The van der Waals surface area contributed by atoms with E-state index in [2.05, 4.69) is 20.1 Å². The topological polar surface area (TPSA) is 75.4 Å². The van der Waals surface area contributed by atoms with Crippen LogP contribution in [-0.2, 0) is 6.42 Å². The van der Waals surface area contributed by atoms with Crippen LogP contribution in [0, 0.1) is 0 Å². The minimum atomic E-state index is 0.0483. The Morgan fingerprint density at radius 3 is 2.56 bits per heavy atom. The second-order valence-electron chi connectivity index (χ2n) is 6.49. The Kier molecular flexibility index (Phi) is 5.20. The summed E-state index contributed by atoms with van der Waals surface area (Å²) < 4.78 is 5.76. The molecule has 1 aromatic carbocycles. The Balaban J connectivity index is 1.27. The van der Waals surface area contributed by atoms with Crippen LogP contribution in [0.3, 0.4) is 0 Å². The fourth-order valence-corrected chi connectivity index (χ4v) is 3.15. The van der Waals surface area contributed by atoms with E-state index in [-0.39, 0.29) is 5.91 Å². The number of nitrogens with zero attached hydrogens (tertiary/aromatic N) is 5. The molecule has 7 heteroatoms. The molecule has 0 unspecified atom stereocenters. The lowest BCUT2D eigenvalue weighted by Gasteiger charge is -2.34. The molecule has 0 spiro atoms. The summed E-state index contributed by atoms with van der Waals surface area (Å²) in [5, 5.41) is 8.27. The van der Waals surface area contributed by atoms with E-state index in [1.54, 1.807) is 18.5 Å². The van der Waals surface area contributed by atoms with Crippen molar-refractivity contribution in [3.05, 3.63) is 66.3 Å². The molecule has 4 rings (SSSR count). The first-order chi connectivity index (χ1) is 13.3. The van der Waals surface area contributed by atoms with Gasteiger partial charge in [-0.25, -0.2) is 0 Å². The fraction of sp³-hybridized carbons (Fsp3) is 0.300. The van der Waals surface area contributed by atoms with Gasteiger partial charge in [-0.05, 0) is 24.3 Å². The Bertz CT molecular complexity index is 874.